The van der Waals surface area contributed by atoms with Crippen LogP contribution in [-0.2, 0) is 17.9 Å². The van der Waals surface area contributed by atoms with E-state index in [1.54, 1.807) is 0 Å². The first kappa shape index (κ1) is 19.7. The number of aromatic nitrogens is 1. The highest BCUT2D eigenvalue weighted by Crippen LogP contribution is 2.25. The number of fused-ring (bicyclic) bond motifs is 1. The van der Waals surface area contributed by atoms with Crippen LogP contribution in [0.1, 0.15) is 26.5 Å². The van der Waals surface area contributed by atoms with E-state index < -0.39 is 30.6 Å². The average molecular weight is 415 g/mol. The summed E-state index contributed by atoms with van der Waals surface area (Å²) < 4.78 is 39.5. The summed E-state index contributed by atoms with van der Waals surface area (Å²) in [5, 5.41) is 7.19. The van der Waals surface area contributed by atoms with Gasteiger partial charge in [-0.2, -0.15) is 0 Å². The Morgan fingerprint density at radius 1 is 1.21 bits per heavy atom. The smallest absolute Gasteiger partial charge is 0.268 e. The van der Waals surface area contributed by atoms with Crippen molar-refractivity contribution >= 4 is 35.0 Å². The van der Waals surface area contributed by atoms with Gasteiger partial charge in [0.05, 0.1) is 24.5 Å². The van der Waals surface area contributed by atoms with Gasteiger partial charge in [0.1, 0.15) is 18.1 Å². The summed E-state index contributed by atoms with van der Waals surface area (Å²) in [6.07, 6.45) is -2.74. The third kappa shape index (κ3) is 4.28. The van der Waals surface area contributed by atoms with Crippen molar-refractivity contribution in [1.29, 1.82) is 0 Å². The summed E-state index contributed by atoms with van der Waals surface area (Å²) in [7, 11) is 0. The molecular formula is C17H14ClF3N4O3. The van der Waals surface area contributed by atoms with Crippen LogP contribution in [0, 0.1) is 5.82 Å². The number of hydrogen-bond donors (Lipinski definition) is 3. The summed E-state index contributed by atoms with van der Waals surface area (Å²) in [6, 6.07) is 4.57. The van der Waals surface area contributed by atoms with Gasteiger partial charge in [-0.05, 0) is 24.3 Å². The zero-order valence-corrected chi connectivity index (χ0v) is 14.9. The molecule has 0 radical (unpaired) electrons. The van der Waals surface area contributed by atoms with Crippen LogP contribution < -0.4 is 16.0 Å². The lowest BCUT2D eigenvalue weighted by Crippen LogP contribution is -2.37. The first-order chi connectivity index (χ1) is 13.2. The molecule has 0 saturated carbocycles. The summed E-state index contributed by atoms with van der Waals surface area (Å²) in [6.45, 7) is -1.05. The Bertz CT molecular complexity index is 941. The molecule has 2 aromatic rings. The Morgan fingerprint density at radius 2 is 1.96 bits per heavy atom. The van der Waals surface area contributed by atoms with E-state index in [-0.39, 0.29) is 41.0 Å². The Balaban J connectivity index is 1.90. The molecule has 1 aliphatic rings. The van der Waals surface area contributed by atoms with Gasteiger partial charge in [0.25, 0.3) is 18.2 Å². The fraction of sp³-hybridized carbons (Fsp3) is 0.235. The van der Waals surface area contributed by atoms with Crippen LogP contribution in [0.15, 0.2) is 24.3 Å². The zero-order chi connectivity index (χ0) is 20.4. The van der Waals surface area contributed by atoms with Crippen LogP contribution >= 0.6 is 11.6 Å². The SMILES string of the molecule is O=C1Cn2c(C(=O)NCC(F)F)cc(NC(=O)c3cc(F)cc(Cl)c3)c2CN1. The van der Waals surface area contributed by atoms with Gasteiger partial charge in [-0.3, -0.25) is 14.4 Å². The van der Waals surface area contributed by atoms with Gasteiger partial charge in [-0.1, -0.05) is 11.6 Å². The maximum Gasteiger partial charge on any atom is 0.268 e. The summed E-state index contributed by atoms with van der Waals surface area (Å²) in [4.78, 5) is 36.3. The Kier molecular flexibility index (Phi) is 5.59. The quantitative estimate of drug-likeness (QED) is 0.700. The van der Waals surface area contributed by atoms with Crippen LogP contribution in [0.2, 0.25) is 5.02 Å². The van der Waals surface area contributed by atoms with E-state index in [9.17, 15) is 27.6 Å². The van der Waals surface area contributed by atoms with Gasteiger partial charge in [0, 0.05) is 10.6 Å². The molecule has 28 heavy (non-hydrogen) atoms. The summed E-state index contributed by atoms with van der Waals surface area (Å²) in [5.41, 5.74) is 0.483. The van der Waals surface area contributed by atoms with Gasteiger partial charge in [0.15, 0.2) is 0 Å². The van der Waals surface area contributed by atoms with Crippen LogP contribution in [-0.4, -0.2) is 35.3 Å². The van der Waals surface area contributed by atoms with Crippen LogP contribution in [0.4, 0.5) is 18.9 Å². The highest BCUT2D eigenvalue weighted by molar-refractivity contribution is 6.31. The molecule has 0 bridgehead atoms. The number of hydrogen-bond acceptors (Lipinski definition) is 3. The van der Waals surface area contributed by atoms with Crippen molar-refractivity contribution in [2.24, 2.45) is 0 Å². The monoisotopic (exact) mass is 414 g/mol. The summed E-state index contributed by atoms with van der Waals surface area (Å²) >= 11 is 5.75. The van der Waals surface area contributed by atoms with Gasteiger partial charge < -0.3 is 20.5 Å². The van der Waals surface area contributed by atoms with Crippen molar-refractivity contribution in [2.75, 3.05) is 11.9 Å². The molecule has 1 aliphatic heterocycles. The molecule has 0 fully saturated rings. The predicted octanol–water partition coefficient (Wildman–Crippen LogP) is 2.16. The molecule has 0 spiro atoms. The Hall–Kier alpha value is -3.01. The van der Waals surface area contributed by atoms with E-state index in [2.05, 4.69) is 16.0 Å². The molecule has 0 saturated heterocycles. The van der Waals surface area contributed by atoms with Gasteiger partial charge >= 0.3 is 0 Å². The van der Waals surface area contributed by atoms with Gasteiger partial charge in [-0.25, -0.2) is 13.2 Å². The molecule has 3 amide bonds. The van der Waals surface area contributed by atoms with Crippen molar-refractivity contribution in [3.05, 3.63) is 52.1 Å². The van der Waals surface area contributed by atoms with E-state index in [1.807, 2.05) is 0 Å². The fourth-order valence-electron chi connectivity index (χ4n) is 2.78. The van der Waals surface area contributed by atoms with Crippen molar-refractivity contribution in [1.82, 2.24) is 15.2 Å². The number of carbonyl (C=O) groups is 3. The number of halogens is 4. The molecular weight excluding hydrogens is 401 g/mol. The Morgan fingerprint density at radius 3 is 2.64 bits per heavy atom. The van der Waals surface area contributed by atoms with E-state index in [1.165, 1.54) is 16.7 Å². The molecule has 2 heterocycles. The lowest BCUT2D eigenvalue weighted by molar-refractivity contribution is -0.122. The first-order valence-electron chi connectivity index (χ1n) is 8.07. The first-order valence-corrected chi connectivity index (χ1v) is 8.45. The lowest BCUT2D eigenvalue weighted by atomic mass is 10.2. The molecule has 1 aromatic carbocycles. The van der Waals surface area contributed by atoms with Crippen molar-refractivity contribution < 1.29 is 27.6 Å². The minimum absolute atomic E-state index is 0.0144. The van der Waals surface area contributed by atoms with E-state index in [0.717, 1.165) is 12.1 Å². The molecule has 7 nitrogen and oxygen atoms in total. The molecule has 0 unspecified atom stereocenters. The third-order valence-electron chi connectivity index (χ3n) is 3.99. The van der Waals surface area contributed by atoms with Crippen LogP contribution in [0.3, 0.4) is 0 Å². The van der Waals surface area contributed by atoms with Crippen molar-refractivity contribution in [2.45, 2.75) is 19.5 Å². The van der Waals surface area contributed by atoms with Gasteiger partial charge in [-0.15, -0.1) is 0 Å². The zero-order valence-electron chi connectivity index (χ0n) is 14.2. The number of nitrogens with one attached hydrogen (secondary N) is 3. The number of alkyl halides is 2. The molecule has 3 rings (SSSR count). The van der Waals surface area contributed by atoms with Crippen LogP contribution in [0.5, 0.6) is 0 Å². The van der Waals surface area contributed by atoms with Crippen LogP contribution in [0.25, 0.3) is 0 Å². The molecule has 11 heteroatoms. The van der Waals surface area contributed by atoms with Gasteiger partial charge in [0.2, 0.25) is 5.91 Å². The van der Waals surface area contributed by atoms with E-state index >= 15 is 0 Å². The van der Waals surface area contributed by atoms with Crippen molar-refractivity contribution in [3.8, 4) is 0 Å². The minimum Gasteiger partial charge on any atom is -0.349 e. The molecule has 3 N–H and O–H groups in total. The second kappa shape index (κ2) is 7.93. The maximum atomic E-state index is 13.5. The highest BCUT2D eigenvalue weighted by Gasteiger charge is 2.26. The number of amides is 3. The third-order valence-corrected chi connectivity index (χ3v) is 4.20. The van der Waals surface area contributed by atoms with E-state index in [4.69, 9.17) is 11.6 Å². The molecule has 1 aromatic heterocycles. The summed E-state index contributed by atoms with van der Waals surface area (Å²) in [5.74, 6) is -2.58. The molecule has 148 valence electrons. The largest absolute Gasteiger partial charge is 0.349 e. The lowest BCUT2D eigenvalue weighted by Gasteiger charge is -2.19. The number of anilines is 1. The number of benzene rings is 1. The van der Waals surface area contributed by atoms with E-state index in [0.29, 0.717) is 5.69 Å². The molecule has 0 atom stereocenters. The second-order valence-electron chi connectivity index (χ2n) is 5.97. The number of nitrogens with zero attached hydrogens (tertiary/aromatic N) is 1. The Labute approximate surface area is 161 Å². The average Bonchev–Trinajstić information content (AvgIpc) is 2.96. The highest BCUT2D eigenvalue weighted by atomic mass is 35.5. The fourth-order valence-corrected chi connectivity index (χ4v) is 3.00. The maximum absolute atomic E-state index is 13.5. The predicted molar refractivity (Wildman–Crippen MR) is 94.0 cm³/mol. The normalized spacial score (nSPS) is 13.1. The number of carbonyl (C=O) groups excluding carboxylic acids is 3. The molecule has 0 aliphatic carbocycles. The van der Waals surface area contributed by atoms with Crippen molar-refractivity contribution in [3.63, 3.8) is 0 Å². The topological polar surface area (TPSA) is 92.2 Å². The number of rotatable bonds is 5. The second-order valence-corrected chi connectivity index (χ2v) is 6.40. The minimum atomic E-state index is -2.74. The standard InChI is InChI=1S/C17H14ClF3N4O3/c18-9-1-8(2-10(19)3-9)16(27)24-11-4-12(17(28)23-6-14(20)21)25-7-15(26)22-5-13(11)25/h1-4,14H,5-7H2,(H,22,26)(H,23,28)(H,24,27).